The molecule has 0 radical (unpaired) electrons. The molecule has 4 nitrogen and oxygen atoms in total. The van der Waals surface area contributed by atoms with E-state index in [2.05, 4.69) is 10.2 Å². The first-order chi connectivity index (χ1) is 9.97. The molecule has 124 valence electrons. The fraction of sp³-hybridized carbons (Fsp3) is 0.625. The molecule has 2 aliphatic rings. The van der Waals surface area contributed by atoms with Gasteiger partial charge in [0.15, 0.2) is 9.84 Å². The van der Waals surface area contributed by atoms with Gasteiger partial charge in [0, 0.05) is 19.3 Å². The lowest BCUT2D eigenvalue weighted by Crippen LogP contribution is -2.38. The average Bonchev–Trinajstić information content (AvgIpc) is 2.82. The number of rotatable bonds is 3. The Morgan fingerprint density at radius 1 is 1.14 bits per heavy atom. The van der Waals surface area contributed by atoms with Crippen LogP contribution in [0.25, 0.3) is 0 Å². The molecule has 0 aliphatic carbocycles. The fourth-order valence-corrected chi connectivity index (χ4v) is 4.26. The van der Waals surface area contributed by atoms with Crippen LogP contribution in [0.1, 0.15) is 24.8 Å². The Morgan fingerprint density at radius 3 is 2.36 bits per heavy atom. The van der Waals surface area contributed by atoms with Gasteiger partial charge in [-0.05, 0) is 62.0 Å². The zero-order valence-corrected chi connectivity index (χ0v) is 14.7. The number of benzene rings is 1. The van der Waals surface area contributed by atoms with Gasteiger partial charge in [-0.15, -0.1) is 12.4 Å². The Bertz CT molecular complexity index is 595. The molecule has 0 amide bonds. The zero-order valence-electron chi connectivity index (χ0n) is 13.0. The second-order valence-electron chi connectivity index (χ2n) is 6.63. The monoisotopic (exact) mass is 344 g/mol. The SMILES string of the molecule is CS(=O)(=O)c1ccc(CN2CCC3(CCNCC3)C2)cc1.Cl. The van der Waals surface area contributed by atoms with Crippen LogP contribution in [-0.2, 0) is 16.4 Å². The summed E-state index contributed by atoms with van der Waals surface area (Å²) in [5, 5.41) is 3.45. The van der Waals surface area contributed by atoms with Crippen LogP contribution in [0.15, 0.2) is 29.2 Å². The van der Waals surface area contributed by atoms with Crippen molar-refractivity contribution in [3.05, 3.63) is 29.8 Å². The minimum atomic E-state index is -3.09. The van der Waals surface area contributed by atoms with Crippen molar-refractivity contribution in [2.45, 2.75) is 30.7 Å². The predicted molar refractivity (Wildman–Crippen MR) is 91.2 cm³/mol. The van der Waals surface area contributed by atoms with E-state index >= 15 is 0 Å². The van der Waals surface area contributed by atoms with E-state index < -0.39 is 9.84 Å². The molecule has 0 bridgehead atoms. The molecule has 2 aliphatic heterocycles. The van der Waals surface area contributed by atoms with Crippen LogP contribution in [0, 0.1) is 5.41 Å². The highest BCUT2D eigenvalue weighted by Crippen LogP contribution is 2.38. The number of likely N-dealkylation sites (tertiary alicyclic amines) is 1. The number of piperidine rings is 1. The van der Waals surface area contributed by atoms with E-state index in [1.54, 1.807) is 12.1 Å². The molecule has 1 N–H and O–H groups in total. The number of nitrogens with one attached hydrogen (secondary N) is 1. The molecule has 6 heteroatoms. The van der Waals surface area contributed by atoms with Gasteiger partial charge in [0.25, 0.3) is 0 Å². The van der Waals surface area contributed by atoms with Gasteiger partial charge in [0.05, 0.1) is 4.90 Å². The number of halogens is 1. The maximum Gasteiger partial charge on any atom is 0.175 e. The van der Waals surface area contributed by atoms with Gasteiger partial charge < -0.3 is 5.32 Å². The van der Waals surface area contributed by atoms with Crippen molar-refractivity contribution in [3.8, 4) is 0 Å². The average molecular weight is 345 g/mol. The highest BCUT2D eigenvalue weighted by Gasteiger charge is 2.38. The lowest BCUT2D eigenvalue weighted by Gasteiger charge is -2.33. The van der Waals surface area contributed by atoms with Gasteiger partial charge in [-0.25, -0.2) is 8.42 Å². The Kier molecular flexibility index (Phi) is 5.54. The summed E-state index contributed by atoms with van der Waals surface area (Å²) in [5.74, 6) is 0. The number of hydrogen-bond acceptors (Lipinski definition) is 4. The molecule has 0 unspecified atom stereocenters. The largest absolute Gasteiger partial charge is 0.317 e. The number of hydrogen-bond donors (Lipinski definition) is 1. The summed E-state index contributed by atoms with van der Waals surface area (Å²) >= 11 is 0. The topological polar surface area (TPSA) is 49.4 Å². The van der Waals surface area contributed by atoms with Crippen LogP contribution < -0.4 is 5.32 Å². The van der Waals surface area contributed by atoms with Gasteiger partial charge in [-0.2, -0.15) is 0 Å². The van der Waals surface area contributed by atoms with Crippen molar-refractivity contribution < 1.29 is 8.42 Å². The summed E-state index contributed by atoms with van der Waals surface area (Å²) in [6, 6.07) is 7.34. The summed E-state index contributed by atoms with van der Waals surface area (Å²) in [7, 11) is -3.09. The Balaban J connectivity index is 0.00000176. The molecule has 1 spiro atoms. The molecular weight excluding hydrogens is 320 g/mol. The van der Waals surface area contributed by atoms with Crippen molar-refractivity contribution in [2.24, 2.45) is 5.41 Å². The van der Waals surface area contributed by atoms with Gasteiger partial charge >= 0.3 is 0 Å². The van der Waals surface area contributed by atoms with E-state index in [1.807, 2.05) is 12.1 Å². The highest BCUT2D eigenvalue weighted by atomic mass is 35.5. The van der Waals surface area contributed by atoms with Gasteiger partial charge in [0.2, 0.25) is 0 Å². The Morgan fingerprint density at radius 2 is 1.77 bits per heavy atom. The summed E-state index contributed by atoms with van der Waals surface area (Å²) in [5.41, 5.74) is 1.73. The predicted octanol–water partition coefficient (Wildman–Crippen LogP) is 2.09. The first kappa shape index (κ1) is 17.7. The van der Waals surface area contributed by atoms with Crippen LogP contribution in [0.3, 0.4) is 0 Å². The highest BCUT2D eigenvalue weighted by molar-refractivity contribution is 7.90. The van der Waals surface area contributed by atoms with E-state index in [9.17, 15) is 8.42 Å². The van der Waals surface area contributed by atoms with E-state index in [-0.39, 0.29) is 12.4 Å². The molecule has 3 rings (SSSR count). The second kappa shape index (κ2) is 6.87. The summed E-state index contributed by atoms with van der Waals surface area (Å²) in [4.78, 5) is 2.92. The second-order valence-corrected chi connectivity index (χ2v) is 8.64. The molecule has 1 aromatic carbocycles. The van der Waals surface area contributed by atoms with Crippen LogP contribution in [0.4, 0.5) is 0 Å². The minimum Gasteiger partial charge on any atom is -0.317 e. The molecular formula is C16H25ClN2O2S. The van der Waals surface area contributed by atoms with Crippen molar-refractivity contribution in [1.82, 2.24) is 10.2 Å². The van der Waals surface area contributed by atoms with Gasteiger partial charge in [-0.1, -0.05) is 12.1 Å². The standard InChI is InChI=1S/C16H24N2O2S.ClH/c1-21(19,20)15-4-2-14(3-5-15)12-18-11-8-16(13-18)6-9-17-10-7-16;/h2-5,17H,6-13H2,1H3;1H. The van der Waals surface area contributed by atoms with Crippen molar-refractivity contribution in [2.75, 3.05) is 32.4 Å². The molecule has 2 heterocycles. The normalized spacial score (nSPS) is 21.7. The maximum absolute atomic E-state index is 11.5. The van der Waals surface area contributed by atoms with E-state index in [0.717, 1.165) is 26.2 Å². The molecule has 2 saturated heterocycles. The van der Waals surface area contributed by atoms with Crippen LogP contribution in [-0.4, -0.2) is 45.8 Å². The van der Waals surface area contributed by atoms with Crippen LogP contribution >= 0.6 is 12.4 Å². The first-order valence-corrected chi connectivity index (χ1v) is 9.58. The number of nitrogens with zero attached hydrogens (tertiary/aromatic N) is 1. The van der Waals surface area contributed by atoms with Crippen molar-refractivity contribution in [3.63, 3.8) is 0 Å². The molecule has 2 fully saturated rings. The third-order valence-corrected chi connectivity index (χ3v) is 6.07. The zero-order chi connectivity index (χ0) is 14.9. The molecule has 22 heavy (non-hydrogen) atoms. The number of sulfone groups is 1. The van der Waals surface area contributed by atoms with Gasteiger partial charge in [-0.3, -0.25) is 4.90 Å². The third-order valence-electron chi connectivity index (χ3n) is 4.94. The summed E-state index contributed by atoms with van der Waals surface area (Å²) < 4.78 is 22.9. The summed E-state index contributed by atoms with van der Waals surface area (Å²) in [6.45, 7) is 5.57. The minimum absolute atomic E-state index is 0. The van der Waals surface area contributed by atoms with Crippen LogP contribution in [0.5, 0.6) is 0 Å². The van der Waals surface area contributed by atoms with Crippen LogP contribution in [0.2, 0.25) is 0 Å². The lowest BCUT2D eigenvalue weighted by atomic mass is 9.78. The molecule has 0 atom stereocenters. The lowest BCUT2D eigenvalue weighted by molar-refractivity contribution is 0.194. The first-order valence-electron chi connectivity index (χ1n) is 7.69. The maximum atomic E-state index is 11.5. The van der Waals surface area contributed by atoms with Crippen molar-refractivity contribution in [1.29, 1.82) is 0 Å². The molecule has 0 saturated carbocycles. The smallest absolute Gasteiger partial charge is 0.175 e. The third kappa shape index (κ3) is 4.02. The summed E-state index contributed by atoms with van der Waals surface area (Å²) in [6.07, 6.45) is 5.13. The van der Waals surface area contributed by atoms with E-state index in [4.69, 9.17) is 0 Å². The van der Waals surface area contributed by atoms with Crippen molar-refractivity contribution >= 4 is 22.2 Å². The van der Waals surface area contributed by atoms with E-state index in [1.165, 1.54) is 37.6 Å². The Labute approximate surface area is 139 Å². The van der Waals surface area contributed by atoms with E-state index in [0.29, 0.717) is 10.3 Å². The molecule has 1 aromatic rings. The fourth-order valence-electron chi connectivity index (χ4n) is 3.63. The Hall–Kier alpha value is -0.620. The van der Waals surface area contributed by atoms with Gasteiger partial charge in [0.1, 0.15) is 0 Å². The quantitative estimate of drug-likeness (QED) is 0.912. The molecule has 0 aromatic heterocycles.